The zero-order valence-electron chi connectivity index (χ0n) is 11.1. The van der Waals surface area contributed by atoms with Crippen LogP contribution in [0.4, 0.5) is 0 Å². The minimum Gasteiger partial charge on any atom is -0.348 e. The third kappa shape index (κ3) is 1.13. The number of rotatable bonds is 1. The van der Waals surface area contributed by atoms with Crippen molar-refractivity contribution in [2.24, 2.45) is 16.2 Å². The topological polar surface area (TPSA) is 37.4 Å². The summed E-state index contributed by atoms with van der Waals surface area (Å²) in [5.74, 6) is 0.280. The molecule has 0 spiro atoms. The molecular formula is C13H20BrNO2. The molecule has 96 valence electrons. The van der Waals surface area contributed by atoms with Gasteiger partial charge in [0.15, 0.2) is 5.78 Å². The van der Waals surface area contributed by atoms with Crippen LogP contribution in [0.1, 0.15) is 33.6 Å². The van der Waals surface area contributed by atoms with Gasteiger partial charge in [-0.3, -0.25) is 9.59 Å². The first kappa shape index (κ1) is 13.1. The number of fused-ring (bicyclic) bond motifs is 2. The Morgan fingerprint density at radius 1 is 1.29 bits per heavy atom. The lowest BCUT2D eigenvalue weighted by Gasteiger charge is -2.41. The zero-order chi connectivity index (χ0) is 13.2. The highest BCUT2D eigenvalue weighted by atomic mass is 79.9. The van der Waals surface area contributed by atoms with Crippen molar-refractivity contribution < 1.29 is 9.59 Å². The quantitative estimate of drug-likeness (QED) is 0.697. The summed E-state index contributed by atoms with van der Waals surface area (Å²) in [4.78, 5) is 26.3. The second-order valence-electron chi connectivity index (χ2n) is 6.35. The SMILES string of the molecule is CN(C)C(=O)[C@@]12CC[C@@](C)(C(=O)[C@@H]1Br)C2(C)C. The van der Waals surface area contributed by atoms with E-state index in [1.165, 1.54) is 0 Å². The first-order valence-electron chi connectivity index (χ1n) is 6.03. The highest BCUT2D eigenvalue weighted by Crippen LogP contribution is 2.72. The van der Waals surface area contributed by atoms with Crippen molar-refractivity contribution in [1.82, 2.24) is 4.90 Å². The van der Waals surface area contributed by atoms with Gasteiger partial charge in [0.25, 0.3) is 0 Å². The maximum atomic E-state index is 12.6. The Kier molecular flexibility index (Phi) is 2.57. The normalized spacial score (nSPS) is 42.9. The number of Topliss-reactive ketones (excluding diaryl/α,β-unsaturated/α-hetero) is 1. The number of hydrogen-bond acceptors (Lipinski definition) is 2. The van der Waals surface area contributed by atoms with E-state index < -0.39 is 5.41 Å². The van der Waals surface area contributed by atoms with Crippen molar-refractivity contribution in [3.63, 3.8) is 0 Å². The molecule has 4 heteroatoms. The van der Waals surface area contributed by atoms with E-state index in [0.29, 0.717) is 0 Å². The van der Waals surface area contributed by atoms with Crippen molar-refractivity contribution in [3.05, 3.63) is 0 Å². The largest absolute Gasteiger partial charge is 0.348 e. The van der Waals surface area contributed by atoms with E-state index in [4.69, 9.17) is 0 Å². The fourth-order valence-corrected chi connectivity index (χ4v) is 5.33. The van der Waals surface area contributed by atoms with E-state index in [9.17, 15) is 9.59 Å². The first-order chi connectivity index (χ1) is 7.63. The Balaban J connectivity index is 2.62. The van der Waals surface area contributed by atoms with Gasteiger partial charge in [-0.15, -0.1) is 0 Å². The van der Waals surface area contributed by atoms with Crippen molar-refractivity contribution in [2.45, 2.75) is 38.4 Å². The highest BCUT2D eigenvalue weighted by Gasteiger charge is 2.76. The standard InChI is InChI=1S/C13H20BrNO2/c1-11(2)12(3)6-7-13(11,8(14)9(12)16)10(17)15(4)5/h8H,6-7H2,1-5H3/t8-,12-,13+/m0/s1. The van der Waals surface area contributed by atoms with Gasteiger partial charge >= 0.3 is 0 Å². The maximum absolute atomic E-state index is 12.6. The van der Waals surface area contributed by atoms with Gasteiger partial charge in [0.2, 0.25) is 5.91 Å². The Bertz CT molecular complexity index is 404. The summed E-state index contributed by atoms with van der Waals surface area (Å²) < 4.78 is 0. The molecule has 2 saturated carbocycles. The molecule has 0 aromatic rings. The summed E-state index contributed by atoms with van der Waals surface area (Å²) in [6.45, 7) is 6.16. The number of carbonyl (C=O) groups is 2. The summed E-state index contributed by atoms with van der Waals surface area (Å²) in [6.07, 6.45) is 1.62. The smallest absolute Gasteiger partial charge is 0.230 e. The van der Waals surface area contributed by atoms with Gasteiger partial charge in [-0.1, -0.05) is 36.7 Å². The monoisotopic (exact) mass is 301 g/mol. The number of nitrogens with zero attached hydrogens (tertiary/aromatic N) is 1. The van der Waals surface area contributed by atoms with Gasteiger partial charge in [-0.05, 0) is 18.3 Å². The molecule has 2 rings (SSSR count). The lowest BCUT2D eigenvalue weighted by molar-refractivity contribution is -0.144. The Morgan fingerprint density at radius 3 is 2.18 bits per heavy atom. The lowest BCUT2D eigenvalue weighted by atomic mass is 9.64. The molecule has 0 aliphatic heterocycles. The van der Waals surface area contributed by atoms with Crippen molar-refractivity contribution in [3.8, 4) is 0 Å². The maximum Gasteiger partial charge on any atom is 0.230 e. The Labute approximate surface area is 111 Å². The molecule has 2 aliphatic carbocycles. The third-order valence-electron chi connectivity index (χ3n) is 5.51. The molecule has 3 nitrogen and oxygen atoms in total. The van der Waals surface area contributed by atoms with Gasteiger partial charge in [-0.25, -0.2) is 0 Å². The van der Waals surface area contributed by atoms with Crippen LogP contribution in [0, 0.1) is 16.2 Å². The van der Waals surface area contributed by atoms with E-state index in [1.807, 2.05) is 6.92 Å². The van der Waals surface area contributed by atoms with Crippen LogP contribution in [0.2, 0.25) is 0 Å². The lowest BCUT2D eigenvalue weighted by Crippen LogP contribution is -2.50. The number of hydrogen-bond donors (Lipinski definition) is 0. The summed E-state index contributed by atoms with van der Waals surface area (Å²) in [7, 11) is 3.54. The van der Waals surface area contributed by atoms with Crippen LogP contribution >= 0.6 is 15.9 Å². The van der Waals surface area contributed by atoms with Crippen LogP contribution in [0.25, 0.3) is 0 Å². The van der Waals surface area contributed by atoms with Crippen molar-refractivity contribution >= 4 is 27.6 Å². The number of amides is 1. The molecule has 0 unspecified atom stereocenters. The van der Waals surface area contributed by atoms with Crippen LogP contribution in [0.15, 0.2) is 0 Å². The van der Waals surface area contributed by atoms with E-state index in [2.05, 4.69) is 29.8 Å². The van der Waals surface area contributed by atoms with Crippen molar-refractivity contribution in [1.29, 1.82) is 0 Å². The molecule has 0 aromatic heterocycles. The van der Waals surface area contributed by atoms with Gasteiger partial charge < -0.3 is 4.90 Å². The molecule has 1 amide bonds. The minimum atomic E-state index is -0.567. The van der Waals surface area contributed by atoms with Crippen molar-refractivity contribution in [2.75, 3.05) is 14.1 Å². The number of alkyl halides is 1. The molecule has 0 saturated heterocycles. The number of ketones is 1. The Hall–Kier alpha value is -0.380. The summed E-state index contributed by atoms with van der Waals surface area (Å²) in [5, 5.41) is 0. The third-order valence-corrected chi connectivity index (χ3v) is 6.71. The van der Waals surface area contributed by atoms with Crippen LogP contribution in [-0.2, 0) is 9.59 Å². The summed E-state index contributed by atoms with van der Waals surface area (Å²) in [5.41, 5.74) is -1.22. The highest BCUT2D eigenvalue weighted by molar-refractivity contribution is 9.10. The van der Waals surface area contributed by atoms with Crippen LogP contribution in [0.5, 0.6) is 0 Å². The van der Waals surface area contributed by atoms with E-state index in [-0.39, 0.29) is 27.3 Å². The van der Waals surface area contributed by atoms with Gasteiger partial charge in [0.05, 0.1) is 10.2 Å². The first-order valence-corrected chi connectivity index (χ1v) is 6.94. The van der Waals surface area contributed by atoms with Crippen LogP contribution < -0.4 is 0 Å². The zero-order valence-corrected chi connectivity index (χ0v) is 12.7. The molecule has 2 fully saturated rings. The number of halogens is 1. The fourth-order valence-electron chi connectivity index (χ4n) is 3.82. The second kappa shape index (κ2) is 3.34. The summed E-state index contributed by atoms with van der Waals surface area (Å²) >= 11 is 3.50. The molecule has 0 aromatic carbocycles. The number of carbonyl (C=O) groups excluding carboxylic acids is 2. The predicted octanol–water partition coefficient (Wildman–Crippen LogP) is 2.23. The van der Waals surface area contributed by atoms with E-state index in [0.717, 1.165) is 12.8 Å². The van der Waals surface area contributed by atoms with E-state index in [1.54, 1.807) is 19.0 Å². The summed E-state index contributed by atoms with van der Waals surface area (Å²) in [6, 6.07) is 0. The van der Waals surface area contributed by atoms with Gasteiger partial charge in [0, 0.05) is 19.5 Å². The molecule has 0 heterocycles. The molecular weight excluding hydrogens is 282 g/mol. The predicted molar refractivity (Wildman–Crippen MR) is 70.0 cm³/mol. The fraction of sp³-hybridized carbons (Fsp3) is 0.846. The molecule has 2 aliphatic rings. The average molecular weight is 302 g/mol. The van der Waals surface area contributed by atoms with Gasteiger partial charge in [-0.2, -0.15) is 0 Å². The van der Waals surface area contributed by atoms with E-state index >= 15 is 0 Å². The van der Waals surface area contributed by atoms with Gasteiger partial charge in [0.1, 0.15) is 0 Å². The minimum absolute atomic E-state index is 0.0824. The molecule has 17 heavy (non-hydrogen) atoms. The average Bonchev–Trinajstić information content (AvgIpc) is 2.50. The van der Waals surface area contributed by atoms with Crippen LogP contribution in [0.3, 0.4) is 0 Å². The second-order valence-corrected chi connectivity index (χ2v) is 7.27. The van der Waals surface area contributed by atoms with Crippen LogP contribution in [-0.4, -0.2) is 35.5 Å². The molecule has 0 radical (unpaired) electrons. The molecule has 0 N–H and O–H groups in total. The molecule has 2 bridgehead atoms. The Morgan fingerprint density at radius 2 is 1.82 bits per heavy atom. The molecule has 3 atom stereocenters.